The van der Waals surface area contributed by atoms with Gasteiger partial charge >= 0.3 is 0 Å². The molecule has 0 aromatic carbocycles. The van der Waals surface area contributed by atoms with Gasteiger partial charge in [-0.15, -0.1) is 0 Å². The number of nitrogens with zero attached hydrogens (tertiary/aromatic N) is 3. The molecule has 2 aliphatic heterocycles. The molecule has 0 amide bonds. The van der Waals surface area contributed by atoms with E-state index in [0.717, 1.165) is 24.9 Å². The summed E-state index contributed by atoms with van der Waals surface area (Å²) < 4.78 is 5.41. The van der Waals surface area contributed by atoms with Crippen LogP contribution >= 0.6 is 0 Å². The van der Waals surface area contributed by atoms with Crippen molar-refractivity contribution in [3.8, 4) is 0 Å². The molecular formula is C15H24N4O. The minimum atomic E-state index is 0.555. The molecule has 0 atom stereocenters. The summed E-state index contributed by atoms with van der Waals surface area (Å²) >= 11 is 0. The molecule has 0 unspecified atom stereocenters. The van der Waals surface area contributed by atoms with Gasteiger partial charge in [0.2, 0.25) is 5.89 Å². The van der Waals surface area contributed by atoms with Gasteiger partial charge in [-0.1, -0.05) is 0 Å². The zero-order chi connectivity index (χ0) is 13.4. The van der Waals surface area contributed by atoms with E-state index in [4.69, 9.17) is 4.52 Å². The highest BCUT2D eigenvalue weighted by molar-refractivity contribution is 5.29. The molecule has 0 bridgehead atoms. The lowest BCUT2D eigenvalue weighted by Crippen LogP contribution is -2.37. The van der Waals surface area contributed by atoms with Gasteiger partial charge in [-0.05, 0) is 68.6 Å². The van der Waals surface area contributed by atoms with Crippen LogP contribution in [-0.4, -0.2) is 36.3 Å². The third-order valence-electron chi connectivity index (χ3n) is 5.35. The molecule has 1 N–H and O–H groups in total. The van der Waals surface area contributed by atoms with Crippen LogP contribution in [0, 0.1) is 5.41 Å². The Bertz CT molecular complexity index is 462. The van der Waals surface area contributed by atoms with Gasteiger partial charge in [-0.2, -0.15) is 4.98 Å². The molecule has 2 saturated heterocycles. The Hall–Kier alpha value is -1.10. The van der Waals surface area contributed by atoms with Crippen LogP contribution in [0.25, 0.3) is 0 Å². The van der Waals surface area contributed by atoms with E-state index in [9.17, 15) is 0 Å². The first-order chi connectivity index (χ1) is 9.85. The van der Waals surface area contributed by atoms with E-state index in [0.29, 0.717) is 11.3 Å². The topological polar surface area (TPSA) is 54.2 Å². The number of hydrogen-bond acceptors (Lipinski definition) is 5. The van der Waals surface area contributed by atoms with Crippen molar-refractivity contribution in [1.82, 2.24) is 15.5 Å². The zero-order valence-corrected chi connectivity index (χ0v) is 12.1. The van der Waals surface area contributed by atoms with Gasteiger partial charge in [-0.3, -0.25) is 0 Å². The van der Waals surface area contributed by atoms with E-state index in [1.165, 1.54) is 58.0 Å². The molecular weight excluding hydrogens is 252 g/mol. The Kier molecular flexibility index (Phi) is 3.17. The lowest BCUT2D eigenvalue weighted by molar-refractivity contribution is 0.178. The second kappa shape index (κ2) is 5.02. The van der Waals surface area contributed by atoms with E-state index in [-0.39, 0.29) is 0 Å². The van der Waals surface area contributed by atoms with Crippen LogP contribution in [0.2, 0.25) is 0 Å². The van der Waals surface area contributed by atoms with Gasteiger partial charge in [0, 0.05) is 19.0 Å². The number of nitrogens with one attached hydrogen (secondary N) is 1. The predicted octanol–water partition coefficient (Wildman–Crippen LogP) is 2.31. The van der Waals surface area contributed by atoms with Crippen molar-refractivity contribution in [3.05, 3.63) is 5.89 Å². The van der Waals surface area contributed by atoms with E-state index in [2.05, 4.69) is 20.4 Å². The first kappa shape index (κ1) is 12.6. The maximum absolute atomic E-state index is 5.41. The normalized spacial score (nSPS) is 26.7. The Balaban J connectivity index is 1.44. The lowest BCUT2D eigenvalue weighted by Gasteiger charge is -2.36. The van der Waals surface area contributed by atoms with Crippen molar-refractivity contribution in [1.29, 1.82) is 0 Å². The van der Waals surface area contributed by atoms with E-state index >= 15 is 0 Å². The predicted molar refractivity (Wildman–Crippen MR) is 76.9 cm³/mol. The highest BCUT2D eigenvalue weighted by atomic mass is 16.5. The van der Waals surface area contributed by atoms with Crippen molar-refractivity contribution in [3.63, 3.8) is 0 Å². The Labute approximate surface area is 120 Å². The molecule has 0 radical (unpaired) electrons. The maximum Gasteiger partial charge on any atom is 0.266 e. The van der Waals surface area contributed by atoms with Crippen LogP contribution in [0.1, 0.15) is 56.8 Å². The summed E-state index contributed by atoms with van der Waals surface area (Å²) in [5.41, 5.74) is 0.572. The summed E-state index contributed by atoms with van der Waals surface area (Å²) in [7, 11) is 0. The molecule has 1 aromatic rings. The fourth-order valence-corrected chi connectivity index (χ4v) is 3.76. The molecule has 1 spiro atoms. The minimum absolute atomic E-state index is 0.555. The Morgan fingerprint density at radius 3 is 2.75 bits per heavy atom. The molecule has 5 heteroatoms. The van der Waals surface area contributed by atoms with Gasteiger partial charge in [0.05, 0.1) is 0 Å². The summed E-state index contributed by atoms with van der Waals surface area (Å²) in [6.45, 7) is 4.55. The molecule has 5 nitrogen and oxygen atoms in total. The average Bonchev–Trinajstić information content (AvgIpc) is 3.25. The van der Waals surface area contributed by atoms with Crippen LogP contribution in [0.3, 0.4) is 0 Å². The molecule has 3 fully saturated rings. The number of rotatable bonds is 2. The Morgan fingerprint density at radius 1 is 1.10 bits per heavy atom. The van der Waals surface area contributed by atoms with Crippen molar-refractivity contribution in [2.45, 2.75) is 50.9 Å². The molecule has 3 heterocycles. The zero-order valence-electron chi connectivity index (χ0n) is 12.1. The average molecular weight is 276 g/mol. The summed E-state index contributed by atoms with van der Waals surface area (Å²) in [5, 5.41) is 7.69. The number of anilines is 1. The summed E-state index contributed by atoms with van der Waals surface area (Å²) in [6.07, 6.45) is 9.00. The maximum atomic E-state index is 5.41. The van der Waals surface area contributed by atoms with Crippen LogP contribution in [-0.2, 0) is 0 Å². The molecule has 3 aliphatic rings. The van der Waals surface area contributed by atoms with E-state index < -0.39 is 0 Å². The third kappa shape index (κ3) is 2.43. The fourth-order valence-electron chi connectivity index (χ4n) is 3.76. The summed E-state index contributed by atoms with van der Waals surface area (Å²) in [5.74, 6) is 2.25. The number of piperidine rings is 1. The van der Waals surface area contributed by atoms with Crippen molar-refractivity contribution >= 4 is 5.95 Å². The second-order valence-corrected chi connectivity index (χ2v) is 6.80. The third-order valence-corrected chi connectivity index (χ3v) is 5.35. The first-order valence-corrected chi connectivity index (χ1v) is 8.14. The lowest BCUT2D eigenvalue weighted by atomic mass is 9.73. The van der Waals surface area contributed by atoms with Crippen LogP contribution in [0.5, 0.6) is 0 Å². The largest absolute Gasteiger partial charge is 0.338 e. The van der Waals surface area contributed by atoms with Crippen LogP contribution in [0.4, 0.5) is 5.95 Å². The monoisotopic (exact) mass is 276 g/mol. The van der Waals surface area contributed by atoms with Gasteiger partial charge in [0.15, 0.2) is 0 Å². The van der Waals surface area contributed by atoms with Gasteiger partial charge in [-0.25, -0.2) is 0 Å². The Morgan fingerprint density at radius 2 is 1.95 bits per heavy atom. The number of hydrogen-bond donors (Lipinski definition) is 1. The standard InChI is InChI=1S/C15H24N4O/c1-4-15(5-8-16-9-6-15)7-11-19(10-1)14-17-13(20-18-14)12-2-3-12/h12,16H,1-11H2. The van der Waals surface area contributed by atoms with Gasteiger partial charge in [0.1, 0.15) is 0 Å². The summed E-state index contributed by atoms with van der Waals surface area (Å²) in [4.78, 5) is 6.95. The van der Waals surface area contributed by atoms with Crippen molar-refractivity contribution < 1.29 is 4.52 Å². The molecule has 110 valence electrons. The highest BCUT2D eigenvalue weighted by Crippen LogP contribution is 2.41. The SMILES string of the molecule is C1CN(c2noc(C3CC3)n2)CCC2(C1)CCNCC2. The second-order valence-electron chi connectivity index (χ2n) is 6.80. The molecule has 1 saturated carbocycles. The van der Waals surface area contributed by atoms with E-state index in [1.807, 2.05) is 0 Å². The minimum Gasteiger partial charge on any atom is -0.338 e. The van der Waals surface area contributed by atoms with Crippen LogP contribution < -0.4 is 10.2 Å². The van der Waals surface area contributed by atoms with E-state index in [1.54, 1.807) is 0 Å². The molecule has 1 aromatic heterocycles. The van der Waals surface area contributed by atoms with Gasteiger partial charge in [0.25, 0.3) is 5.95 Å². The smallest absolute Gasteiger partial charge is 0.266 e. The number of aromatic nitrogens is 2. The molecule has 20 heavy (non-hydrogen) atoms. The van der Waals surface area contributed by atoms with Crippen molar-refractivity contribution in [2.24, 2.45) is 5.41 Å². The quantitative estimate of drug-likeness (QED) is 0.898. The fraction of sp³-hybridized carbons (Fsp3) is 0.867. The van der Waals surface area contributed by atoms with Crippen LogP contribution in [0.15, 0.2) is 4.52 Å². The highest BCUT2D eigenvalue weighted by Gasteiger charge is 2.35. The van der Waals surface area contributed by atoms with Gasteiger partial charge < -0.3 is 14.7 Å². The first-order valence-electron chi connectivity index (χ1n) is 8.14. The molecule has 4 rings (SSSR count). The summed E-state index contributed by atoms with van der Waals surface area (Å²) in [6, 6.07) is 0. The molecule has 1 aliphatic carbocycles. The van der Waals surface area contributed by atoms with Crippen molar-refractivity contribution in [2.75, 3.05) is 31.1 Å².